The average Bonchev–Trinajstić information content (AvgIpc) is 2.67. The van der Waals surface area contributed by atoms with Crippen LogP contribution in [0.5, 0.6) is 5.75 Å². The Balaban J connectivity index is 2.21. The first-order valence-electron chi connectivity index (χ1n) is 7.43. The molecule has 1 fully saturated rings. The first-order valence-corrected chi connectivity index (χ1v) is 7.43. The van der Waals surface area contributed by atoms with E-state index in [1.54, 1.807) is 17.0 Å². The third-order valence-corrected chi connectivity index (χ3v) is 3.56. The molecule has 118 valence electrons. The van der Waals surface area contributed by atoms with Gasteiger partial charge in [-0.15, -0.1) is 0 Å². The fraction of sp³-hybridized carbons (Fsp3) is 0.412. The van der Waals surface area contributed by atoms with Gasteiger partial charge in [-0.2, -0.15) is 0 Å². The van der Waals surface area contributed by atoms with Gasteiger partial charge in [-0.1, -0.05) is 18.7 Å². The molecular weight excluding hydrogens is 280 g/mol. The quantitative estimate of drug-likeness (QED) is 0.865. The third-order valence-electron chi connectivity index (χ3n) is 3.56. The summed E-state index contributed by atoms with van der Waals surface area (Å²) in [6.45, 7) is 8.87. The van der Waals surface area contributed by atoms with Gasteiger partial charge in [0.1, 0.15) is 12.4 Å². The monoisotopic (exact) mass is 302 g/mol. The molecule has 1 aliphatic rings. The summed E-state index contributed by atoms with van der Waals surface area (Å²) in [6.07, 6.45) is 0.324. The van der Waals surface area contributed by atoms with Crippen molar-refractivity contribution >= 4 is 11.8 Å². The van der Waals surface area contributed by atoms with Crippen molar-refractivity contribution in [2.45, 2.75) is 26.3 Å². The zero-order valence-corrected chi connectivity index (χ0v) is 13.1. The second-order valence-corrected chi connectivity index (χ2v) is 5.64. The van der Waals surface area contributed by atoms with Gasteiger partial charge in [0, 0.05) is 25.6 Å². The van der Waals surface area contributed by atoms with Gasteiger partial charge in [0.2, 0.25) is 5.91 Å². The number of hydrogen-bond acceptors (Lipinski definition) is 3. The van der Waals surface area contributed by atoms with Crippen LogP contribution >= 0.6 is 0 Å². The fourth-order valence-corrected chi connectivity index (χ4v) is 2.33. The van der Waals surface area contributed by atoms with Crippen LogP contribution in [0.1, 0.15) is 30.6 Å². The van der Waals surface area contributed by atoms with E-state index in [9.17, 15) is 9.59 Å². The Bertz CT molecular complexity index is 583. The molecule has 0 saturated carbocycles. The maximum absolute atomic E-state index is 12.8. The molecule has 0 unspecified atom stereocenters. The van der Waals surface area contributed by atoms with Gasteiger partial charge in [0.05, 0.1) is 5.56 Å². The van der Waals surface area contributed by atoms with Crippen LogP contribution < -0.4 is 10.1 Å². The molecule has 5 heteroatoms. The summed E-state index contributed by atoms with van der Waals surface area (Å²) in [6, 6.07) is 7.13. The van der Waals surface area contributed by atoms with Gasteiger partial charge in [-0.05, 0) is 31.6 Å². The van der Waals surface area contributed by atoms with Crippen molar-refractivity contribution in [1.29, 1.82) is 0 Å². The lowest BCUT2D eigenvalue weighted by atomic mass is 10.1. The number of nitrogens with one attached hydrogen (secondary N) is 1. The van der Waals surface area contributed by atoms with Crippen LogP contribution in [0.15, 0.2) is 36.4 Å². The van der Waals surface area contributed by atoms with Crippen molar-refractivity contribution in [1.82, 2.24) is 10.2 Å². The Hall–Kier alpha value is -2.30. The minimum Gasteiger partial charge on any atom is -0.488 e. The summed E-state index contributed by atoms with van der Waals surface area (Å²) in [5.41, 5.74) is 1.41. The average molecular weight is 302 g/mol. The van der Waals surface area contributed by atoms with E-state index in [1.807, 2.05) is 26.0 Å². The van der Waals surface area contributed by atoms with E-state index in [0.29, 0.717) is 37.4 Å². The highest BCUT2D eigenvalue weighted by molar-refractivity contribution is 5.97. The summed E-state index contributed by atoms with van der Waals surface area (Å²) in [4.78, 5) is 26.0. The molecule has 0 bridgehead atoms. The maximum Gasteiger partial charge on any atom is 0.257 e. The van der Waals surface area contributed by atoms with Gasteiger partial charge >= 0.3 is 0 Å². The molecule has 2 amide bonds. The topological polar surface area (TPSA) is 58.6 Å². The Labute approximate surface area is 130 Å². The van der Waals surface area contributed by atoms with Gasteiger partial charge in [-0.3, -0.25) is 9.59 Å². The molecule has 1 saturated heterocycles. The second kappa shape index (κ2) is 7.11. The van der Waals surface area contributed by atoms with Crippen molar-refractivity contribution in [3.05, 3.63) is 42.0 Å². The van der Waals surface area contributed by atoms with Crippen molar-refractivity contribution in [2.75, 3.05) is 19.7 Å². The van der Waals surface area contributed by atoms with Crippen LogP contribution in [0.3, 0.4) is 0 Å². The molecule has 2 rings (SSSR count). The molecular formula is C17H22N2O3. The van der Waals surface area contributed by atoms with E-state index in [1.165, 1.54) is 0 Å². The molecule has 0 aliphatic carbocycles. The fourth-order valence-electron chi connectivity index (χ4n) is 2.33. The van der Waals surface area contributed by atoms with Crippen LogP contribution in [0.2, 0.25) is 0 Å². The lowest BCUT2D eigenvalue weighted by Gasteiger charge is -2.27. The van der Waals surface area contributed by atoms with E-state index in [0.717, 1.165) is 5.57 Å². The van der Waals surface area contributed by atoms with E-state index in [-0.39, 0.29) is 17.9 Å². The zero-order valence-electron chi connectivity index (χ0n) is 13.1. The molecule has 0 radical (unpaired) electrons. The van der Waals surface area contributed by atoms with Crippen LogP contribution in [0, 0.1) is 0 Å². The molecule has 1 aromatic carbocycles. The maximum atomic E-state index is 12.8. The largest absolute Gasteiger partial charge is 0.488 e. The molecule has 5 nitrogen and oxygen atoms in total. The number of carbonyl (C=O) groups excluding carboxylic acids is 2. The standard InChI is InChI=1S/C17H22N2O3/c1-12(2)11-22-15-7-5-4-6-14(15)17(21)19-9-8-16(20)18-10-13(19)3/h4-7,13H,1,8-11H2,2-3H3,(H,18,20)/t13-/m0/s1. The van der Waals surface area contributed by atoms with Gasteiger partial charge in [-0.25, -0.2) is 0 Å². The first-order chi connectivity index (χ1) is 10.5. The lowest BCUT2D eigenvalue weighted by molar-refractivity contribution is -0.120. The lowest BCUT2D eigenvalue weighted by Crippen LogP contribution is -2.41. The molecule has 1 aliphatic heterocycles. The summed E-state index contributed by atoms with van der Waals surface area (Å²) in [5.74, 6) is 0.418. The second-order valence-electron chi connectivity index (χ2n) is 5.64. The molecule has 1 heterocycles. The molecule has 1 atom stereocenters. The van der Waals surface area contributed by atoms with Crippen LogP contribution in [0.25, 0.3) is 0 Å². The van der Waals surface area contributed by atoms with Gasteiger partial charge in [0.25, 0.3) is 5.91 Å². The summed E-state index contributed by atoms with van der Waals surface area (Å²) < 4.78 is 5.67. The van der Waals surface area contributed by atoms with E-state index in [4.69, 9.17) is 4.74 Å². The smallest absolute Gasteiger partial charge is 0.257 e. The normalized spacial score (nSPS) is 18.4. The van der Waals surface area contributed by atoms with Crippen molar-refractivity contribution in [3.8, 4) is 5.75 Å². The molecule has 1 aromatic rings. The van der Waals surface area contributed by atoms with E-state index in [2.05, 4.69) is 11.9 Å². The highest BCUT2D eigenvalue weighted by Crippen LogP contribution is 2.22. The number of nitrogens with zero attached hydrogens (tertiary/aromatic N) is 1. The zero-order chi connectivity index (χ0) is 16.1. The van der Waals surface area contributed by atoms with Gasteiger partial charge < -0.3 is 15.0 Å². The van der Waals surface area contributed by atoms with E-state index >= 15 is 0 Å². The minimum atomic E-state index is -0.110. The number of ether oxygens (including phenoxy) is 1. The number of hydrogen-bond donors (Lipinski definition) is 1. The summed E-state index contributed by atoms with van der Waals surface area (Å²) >= 11 is 0. The summed E-state index contributed by atoms with van der Waals surface area (Å²) in [7, 11) is 0. The van der Waals surface area contributed by atoms with Crippen LogP contribution in [-0.4, -0.2) is 42.5 Å². The number of para-hydroxylation sites is 1. The third kappa shape index (κ3) is 3.87. The van der Waals surface area contributed by atoms with Crippen molar-refractivity contribution < 1.29 is 14.3 Å². The Kier molecular flexibility index (Phi) is 5.20. The number of carbonyl (C=O) groups is 2. The number of benzene rings is 1. The minimum absolute atomic E-state index is 0.0195. The molecule has 1 N–H and O–H groups in total. The predicted molar refractivity (Wildman–Crippen MR) is 84.9 cm³/mol. The molecule has 0 aromatic heterocycles. The SMILES string of the molecule is C=C(C)COc1ccccc1C(=O)N1CCC(=O)NC[C@@H]1C. The highest BCUT2D eigenvalue weighted by atomic mass is 16.5. The number of rotatable bonds is 4. The molecule has 22 heavy (non-hydrogen) atoms. The van der Waals surface area contributed by atoms with Gasteiger partial charge in [0.15, 0.2) is 0 Å². The molecule has 0 spiro atoms. The Morgan fingerprint density at radius 3 is 2.91 bits per heavy atom. The highest BCUT2D eigenvalue weighted by Gasteiger charge is 2.27. The Morgan fingerprint density at radius 1 is 1.45 bits per heavy atom. The first kappa shape index (κ1) is 16.1. The van der Waals surface area contributed by atoms with Crippen molar-refractivity contribution in [3.63, 3.8) is 0 Å². The van der Waals surface area contributed by atoms with Crippen LogP contribution in [-0.2, 0) is 4.79 Å². The van der Waals surface area contributed by atoms with Crippen LogP contribution in [0.4, 0.5) is 0 Å². The Morgan fingerprint density at radius 2 is 2.18 bits per heavy atom. The summed E-state index contributed by atoms with van der Waals surface area (Å²) in [5, 5.41) is 2.81. The number of amides is 2. The predicted octanol–water partition coefficient (Wildman–Crippen LogP) is 1.99. The van der Waals surface area contributed by atoms with E-state index < -0.39 is 0 Å². The van der Waals surface area contributed by atoms with Crippen molar-refractivity contribution in [2.24, 2.45) is 0 Å².